The van der Waals surface area contributed by atoms with Gasteiger partial charge in [-0.25, -0.2) is 12.8 Å². The highest BCUT2D eigenvalue weighted by molar-refractivity contribution is 7.90. The Bertz CT molecular complexity index is 442. The second-order valence-corrected chi connectivity index (χ2v) is 6.11. The Balaban J connectivity index is 2.75. The van der Waals surface area contributed by atoms with Gasteiger partial charge in [0, 0.05) is 18.8 Å². The first kappa shape index (κ1) is 13.1. The van der Waals surface area contributed by atoms with Gasteiger partial charge in [-0.15, -0.1) is 0 Å². The Kier molecular flexibility index (Phi) is 4.44. The highest BCUT2D eigenvalue weighted by Gasteiger charge is 2.14. The summed E-state index contributed by atoms with van der Waals surface area (Å²) in [4.78, 5) is 0. The summed E-state index contributed by atoms with van der Waals surface area (Å²) >= 11 is 0. The van der Waals surface area contributed by atoms with Crippen LogP contribution in [0.25, 0.3) is 0 Å². The fraction of sp³-hybridized carbons (Fsp3) is 0.455. The minimum Gasteiger partial charge on any atom is -0.396 e. The Morgan fingerprint density at radius 3 is 2.62 bits per heavy atom. The summed E-state index contributed by atoms with van der Waals surface area (Å²) in [5.74, 6) is -0.713. The lowest BCUT2D eigenvalue weighted by Gasteiger charge is -2.13. The first-order chi connectivity index (χ1) is 7.42. The van der Waals surface area contributed by atoms with Crippen molar-refractivity contribution in [2.24, 2.45) is 0 Å². The molecule has 0 saturated carbocycles. The summed E-state index contributed by atoms with van der Waals surface area (Å²) in [6.07, 6.45) is 1.45. The van der Waals surface area contributed by atoms with E-state index in [4.69, 9.17) is 5.11 Å². The van der Waals surface area contributed by atoms with E-state index in [1.165, 1.54) is 12.1 Å². The van der Waals surface area contributed by atoms with Crippen LogP contribution in [0, 0.1) is 5.82 Å². The molecule has 1 atom stereocenters. The van der Waals surface area contributed by atoms with Gasteiger partial charge in [0.15, 0.2) is 0 Å². The van der Waals surface area contributed by atoms with Crippen LogP contribution in [0.3, 0.4) is 0 Å². The fourth-order valence-corrected chi connectivity index (χ4v) is 2.19. The summed E-state index contributed by atoms with van der Waals surface area (Å²) < 4.78 is 34.9. The van der Waals surface area contributed by atoms with Gasteiger partial charge in [-0.05, 0) is 24.1 Å². The SMILES string of the molecule is CS(=O)(=O)CCC(CO)c1cccc(F)c1. The normalized spacial score (nSPS) is 13.7. The van der Waals surface area contributed by atoms with E-state index in [1.807, 2.05) is 0 Å². The molecule has 1 aromatic carbocycles. The summed E-state index contributed by atoms with van der Waals surface area (Å²) in [6.45, 7) is -0.182. The molecule has 0 aliphatic rings. The van der Waals surface area contributed by atoms with E-state index in [-0.39, 0.29) is 24.1 Å². The van der Waals surface area contributed by atoms with E-state index in [0.29, 0.717) is 12.0 Å². The van der Waals surface area contributed by atoms with E-state index in [1.54, 1.807) is 12.1 Å². The molecule has 90 valence electrons. The first-order valence-corrected chi connectivity index (χ1v) is 7.02. The Morgan fingerprint density at radius 2 is 2.12 bits per heavy atom. The van der Waals surface area contributed by atoms with Crippen molar-refractivity contribution < 1.29 is 17.9 Å². The molecule has 1 unspecified atom stereocenters. The van der Waals surface area contributed by atoms with Crippen molar-refractivity contribution in [2.75, 3.05) is 18.6 Å². The van der Waals surface area contributed by atoms with E-state index in [2.05, 4.69) is 0 Å². The van der Waals surface area contributed by atoms with Crippen LogP contribution >= 0.6 is 0 Å². The van der Waals surface area contributed by atoms with E-state index >= 15 is 0 Å². The van der Waals surface area contributed by atoms with Crippen molar-refractivity contribution in [3.63, 3.8) is 0 Å². The van der Waals surface area contributed by atoms with Crippen LogP contribution < -0.4 is 0 Å². The lowest BCUT2D eigenvalue weighted by molar-refractivity contribution is 0.262. The molecule has 0 aliphatic carbocycles. The molecule has 0 heterocycles. The molecule has 16 heavy (non-hydrogen) atoms. The average Bonchev–Trinajstić information content (AvgIpc) is 2.17. The largest absolute Gasteiger partial charge is 0.396 e. The number of aliphatic hydroxyl groups is 1. The molecular weight excluding hydrogens is 231 g/mol. The van der Waals surface area contributed by atoms with Gasteiger partial charge in [-0.1, -0.05) is 12.1 Å². The third kappa shape index (κ3) is 4.28. The highest BCUT2D eigenvalue weighted by Crippen LogP contribution is 2.20. The topological polar surface area (TPSA) is 54.4 Å². The summed E-state index contributed by atoms with van der Waals surface area (Å²) in [7, 11) is -3.05. The number of aliphatic hydroxyl groups excluding tert-OH is 1. The lowest BCUT2D eigenvalue weighted by Crippen LogP contribution is -2.11. The quantitative estimate of drug-likeness (QED) is 0.853. The third-order valence-corrected chi connectivity index (χ3v) is 3.35. The standard InChI is InChI=1S/C11H15FO3S/c1-16(14,15)6-5-10(8-13)9-3-2-4-11(12)7-9/h2-4,7,10,13H,5-6,8H2,1H3. The van der Waals surface area contributed by atoms with Crippen LogP contribution in [0.1, 0.15) is 17.9 Å². The molecule has 3 nitrogen and oxygen atoms in total. The molecule has 0 saturated heterocycles. The van der Waals surface area contributed by atoms with Crippen LogP contribution in [0.2, 0.25) is 0 Å². The van der Waals surface area contributed by atoms with E-state index in [0.717, 1.165) is 6.26 Å². The number of hydrogen-bond donors (Lipinski definition) is 1. The van der Waals surface area contributed by atoms with Gasteiger partial charge in [-0.3, -0.25) is 0 Å². The molecule has 0 aromatic heterocycles. The van der Waals surface area contributed by atoms with Gasteiger partial charge in [0.05, 0.1) is 5.75 Å². The average molecular weight is 246 g/mol. The van der Waals surface area contributed by atoms with Crippen LogP contribution in [0.15, 0.2) is 24.3 Å². The predicted octanol–water partition coefficient (Wildman–Crippen LogP) is 1.34. The van der Waals surface area contributed by atoms with Gasteiger partial charge in [0.2, 0.25) is 0 Å². The monoisotopic (exact) mass is 246 g/mol. The van der Waals surface area contributed by atoms with Crippen LogP contribution in [-0.4, -0.2) is 32.1 Å². The second-order valence-electron chi connectivity index (χ2n) is 3.85. The highest BCUT2D eigenvalue weighted by atomic mass is 32.2. The van der Waals surface area contributed by atoms with E-state index < -0.39 is 9.84 Å². The molecular formula is C11H15FO3S. The zero-order chi connectivity index (χ0) is 12.2. The minimum atomic E-state index is -3.05. The number of benzene rings is 1. The molecule has 5 heteroatoms. The van der Waals surface area contributed by atoms with Crippen molar-refractivity contribution >= 4 is 9.84 Å². The maximum atomic E-state index is 12.9. The maximum absolute atomic E-state index is 12.9. The zero-order valence-corrected chi connectivity index (χ0v) is 9.87. The molecule has 0 amide bonds. The van der Waals surface area contributed by atoms with Gasteiger partial charge < -0.3 is 5.11 Å². The zero-order valence-electron chi connectivity index (χ0n) is 9.06. The molecule has 0 radical (unpaired) electrons. The van der Waals surface area contributed by atoms with Crippen molar-refractivity contribution in [1.82, 2.24) is 0 Å². The lowest BCUT2D eigenvalue weighted by atomic mass is 9.97. The van der Waals surface area contributed by atoms with Gasteiger partial charge >= 0.3 is 0 Å². The molecule has 0 bridgehead atoms. The minimum absolute atomic E-state index is 0.00522. The smallest absolute Gasteiger partial charge is 0.147 e. The molecule has 1 N–H and O–H groups in total. The number of sulfone groups is 1. The van der Waals surface area contributed by atoms with Crippen molar-refractivity contribution in [1.29, 1.82) is 0 Å². The van der Waals surface area contributed by atoms with Crippen molar-refractivity contribution in [3.8, 4) is 0 Å². The number of hydrogen-bond acceptors (Lipinski definition) is 3. The summed E-state index contributed by atoms with van der Waals surface area (Å²) in [6, 6.07) is 5.87. The maximum Gasteiger partial charge on any atom is 0.147 e. The Labute approximate surface area is 94.8 Å². The van der Waals surface area contributed by atoms with Gasteiger partial charge in [0.1, 0.15) is 15.7 Å². The Morgan fingerprint density at radius 1 is 1.44 bits per heavy atom. The van der Waals surface area contributed by atoms with Crippen LogP contribution in [0.4, 0.5) is 4.39 Å². The molecule has 1 rings (SSSR count). The van der Waals surface area contributed by atoms with Gasteiger partial charge in [-0.2, -0.15) is 0 Å². The number of halogens is 1. The third-order valence-electron chi connectivity index (χ3n) is 2.38. The number of rotatable bonds is 5. The summed E-state index contributed by atoms with van der Waals surface area (Å²) in [5.41, 5.74) is 0.631. The van der Waals surface area contributed by atoms with Crippen LogP contribution in [-0.2, 0) is 9.84 Å². The Hall–Kier alpha value is -0.940. The van der Waals surface area contributed by atoms with Crippen molar-refractivity contribution in [2.45, 2.75) is 12.3 Å². The first-order valence-electron chi connectivity index (χ1n) is 4.96. The molecule has 1 aromatic rings. The van der Waals surface area contributed by atoms with Crippen molar-refractivity contribution in [3.05, 3.63) is 35.6 Å². The van der Waals surface area contributed by atoms with E-state index in [9.17, 15) is 12.8 Å². The predicted molar refractivity (Wildman–Crippen MR) is 60.6 cm³/mol. The molecule has 0 aliphatic heterocycles. The molecule has 0 fully saturated rings. The summed E-state index contributed by atoms with van der Waals surface area (Å²) in [5, 5.41) is 9.15. The van der Waals surface area contributed by atoms with Crippen LogP contribution in [0.5, 0.6) is 0 Å². The fourth-order valence-electron chi connectivity index (χ4n) is 1.48. The molecule has 0 spiro atoms. The second kappa shape index (κ2) is 5.41. The van der Waals surface area contributed by atoms with Gasteiger partial charge in [0.25, 0.3) is 0 Å².